The number of nitrogens with one attached hydrogen (secondary N) is 1. The molecule has 15 heavy (non-hydrogen) atoms. The van der Waals surface area contributed by atoms with Crippen molar-refractivity contribution in [1.29, 1.82) is 0 Å². The molecule has 0 radical (unpaired) electrons. The summed E-state index contributed by atoms with van der Waals surface area (Å²) in [6, 6.07) is 0. The molecule has 2 heteroatoms. The van der Waals surface area contributed by atoms with Crippen LogP contribution in [-0.4, -0.2) is 26.3 Å². The van der Waals surface area contributed by atoms with Crippen LogP contribution in [0.25, 0.3) is 0 Å². The highest BCUT2D eigenvalue weighted by molar-refractivity contribution is 4.92. The number of hydrogen-bond acceptors (Lipinski definition) is 2. The van der Waals surface area contributed by atoms with Crippen molar-refractivity contribution < 1.29 is 4.74 Å². The number of rotatable bonds is 6. The molecule has 2 nitrogen and oxygen atoms in total. The average Bonchev–Trinajstić information content (AvgIpc) is 2.58. The zero-order valence-corrected chi connectivity index (χ0v) is 10.8. The molecule has 0 aliphatic carbocycles. The van der Waals surface area contributed by atoms with Gasteiger partial charge in [0, 0.05) is 18.6 Å². The Balaban J connectivity index is 2.64. The summed E-state index contributed by atoms with van der Waals surface area (Å²) in [7, 11) is 2.06. The largest absolute Gasteiger partial charge is 0.378 e. The van der Waals surface area contributed by atoms with E-state index >= 15 is 0 Å². The molecule has 1 aliphatic rings. The van der Waals surface area contributed by atoms with Crippen molar-refractivity contribution in [3.8, 4) is 0 Å². The Morgan fingerprint density at radius 3 is 2.47 bits per heavy atom. The lowest BCUT2D eigenvalue weighted by Crippen LogP contribution is -2.39. The van der Waals surface area contributed by atoms with E-state index in [1.807, 2.05) is 0 Å². The number of hydrogen-bond donors (Lipinski definition) is 1. The molecule has 0 aromatic carbocycles. The molecule has 90 valence electrons. The first-order valence-corrected chi connectivity index (χ1v) is 6.44. The standard InChI is InChI=1S/C13H27NO/c1-5-12(6-2)9-13(10-14-4)7-8-15-11(13)3/h11-12,14H,5-10H2,1-4H3. The molecule has 0 bridgehead atoms. The van der Waals surface area contributed by atoms with Gasteiger partial charge < -0.3 is 10.1 Å². The lowest BCUT2D eigenvalue weighted by atomic mass is 9.73. The molecule has 1 heterocycles. The van der Waals surface area contributed by atoms with Gasteiger partial charge in [0.15, 0.2) is 0 Å². The predicted molar refractivity (Wildman–Crippen MR) is 65.1 cm³/mol. The van der Waals surface area contributed by atoms with Gasteiger partial charge in [0.25, 0.3) is 0 Å². The second-order valence-electron chi connectivity index (χ2n) is 5.04. The van der Waals surface area contributed by atoms with Gasteiger partial charge in [-0.15, -0.1) is 0 Å². The Bertz CT molecular complexity index is 179. The van der Waals surface area contributed by atoms with Crippen LogP contribution in [0.3, 0.4) is 0 Å². The van der Waals surface area contributed by atoms with Crippen LogP contribution in [0.5, 0.6) is 0 Å². The van der Waals surface area contributed by atoms with Crippen molar-refractivity contribution in [1.82, 2.24) is 5.32 Å². The van der Waals surface area contributed by atoms with E-state index in [9.17, 15) is 0 Å². The summed E-state index contributed by atoms with van der Waals surface area (Å²) < 4.78 is 5.77. The fourth-order valence-corrected chi connectivity index (χ4v) is 2.90. The minimum Gasteiger partial charge on any atom is -0.378 e. The third-order valence-corrected chi connectivity index (χ3v) is 4.21. The van der Waals surface area contributed by atoms with Crippen LogP contribution in [0.15, 0.2) is 0 Å². The van der Waals surface area contributed by atoms with Gasteiger partial charge in [-0.25, -0.2) is 0 Å². The first-order valence-electron chi connectivity index (χ1n) is 6.44. The molecular weight excluding hydrogens is 186 g/mol. The number of ether oxygens (including phenoxy) is 1. The summed E-state index contributed by atoms with van der Waals surface area (Å²) in [6.45, 7) is 8.91. The Hall–Kier alpha value is -0.0800. The highest BCUT2D eigenvalue weighted by atomic mass is 16.5. The van der Waals surface area contributed by atoms with Crippen molar-refractivity contribution in [2.45, 2.75) is 52.6 Å². The maximum absolute atomic E-state index is 5.77. The molecule has 0 spiro atoms. The fraction of sp³-hybridized carbons (Fsp3) is 1.00. The lowest BCUT2D eigenvalue weighted by Gasteiger charge is -2.35. The minimum atomic E-state index is 0.394. The van der Waals surface area contributed by atoms with E-state index in [1.165, 1.54) is 25.7 Å². The predicted octanol–water partition coefficient (Wildman–Crippen LogP) is 2.83. The molecule has 1 saturated heterocycles. The van der Waals surface area contributed by atoms with Crippen molar-refractivity contribution in [3.05, 3.63) is 0 Å². The summed E-state index contributed by atoms with van der Waals surface area (Å²) >= 11 is 0. The quantitative estimate of drug-likeness (QED) is 0.732. The van der Waals surface area contributed by atoms with Gasteiger partial charge in [0.1, 0.15) is 0 Å². The van der Waals surface area contributed by atoms with Gasteiger partial charge in [-0.2, -0.15) is 0 Å². The molecule has 1 fully saturated rings. The zero-order chi connectivity index (χ0) is 11.3. The zero-order valence-electron chi connectivity index (χ0n) is 10.8. The minimum absolute atomic E-state index is 0.394. The maximum atomic E-state index is 5.77. The highest BCUT2D eigenvalue weighted by Crippen LogP contribution is 2.41. The van der Waals surface area contributed by atoms with E-state index in [2.05, 4.69) is 33.1 Å². The average molecular weight is 213 g/mol. The molecule has 1 N–H and O–H groups in total. The maximum Gasteiger partial charge on any atom is 0.0616 e. The Kier molecular flexibility index (Phi) is 5.07. The lowest BCUT2D eigenvalue weighted by molar-refractivity contribution is 0.0492. The van der Waals surface area contributed by atoms with Crippen LogP contribution in [0.2, 0.25) is 0 Å². The Morgan fingerprint density at radius 1 is 1.40 bits per heavy atom. The van der Waals surface area contributed by atoms with E-state index in [4.69, 9.17) is 4.74 Å². The van der Waals surface area contributed by atoms with Gasteiger partial charge >= 0.3 is 0 Å². The summed E-state index contributed by atoms with van der Waals surface area (Å²) in [5, 5.41) is 3.35. The topological polar surface area (TPSA) is 21.3 Å². The molecule has 1 rings (SSSR count). The summed E-state index contributed by atoms with van der Waals surface area (Å²) in [5.74, 6) is 0.863. The summed E-state index contributed by atoms with van der Waals surface area (Å²) in [6.07, 6.45) is 5.57. The van der Waals surface area contributed by atoms with Gasteiger partial charge in [0.05, 0.1) is 6.10 Å². The summed E-state index contributed by atoms with van der Waals surface area (Å²) in [4.78, 5) is 0. The van der Waals surface area contributed by atoms with Crippen molar-refractivity contribution in [2.75, 3.05) is 20.2 Å². The van der Waals surface area contributed by atoms with Crippen LogP contribution < -0.4 is 5.32 Å². The van der Waals surface area contributed by atoms with Crippen LogP contribution in [0.4, 0.5) is 0 Å². The fourth-order valence-electron chi connectivity index (χ4n) is 2.90. The van der Waals surface area contributed by atoms with E-state index in [0.29, 0.717) is 11.5 Å². The van der Waals surface area contributed by atoms with Gasteiger partial charge in [-0.3, -0.25) is 0 Å². The molecule has 0 aromatic rings. The monoisotopic (exact) mass is 213 g/mol. The van der Waals surface area contributed by atoms with Crippen molar-refractivity contribution >= 4 is 0 Å². The molecular formula is C13H27NO. The van der Waals surface area contributed by atoms with Crippen LogP contribution in [0.1, 0.15) is 46.5 Å². The Labute approximate surface area is 94.8 Å². The third-order valence-electron chi connectivity index (χ3n) is 4.21. The Morgan fingerprint density at radius 2 is 2.07 bits per heavy atom. The normalized spacial score (nSPS) is 31.4. The van der Waals surface area contributed by atoms with E-state index < -0.39 is 0 Å². The SMILES string of the molecule is CCC(CC)CC1(CNC)CCOC1C. The van der Waals surface area contributed by atoms with E-state index in [1.54, 1.807) is 0 Å². The smallest absolute Gasteiger partial charge is 0.0616 e. The molecule has 0 amide bonds. The first kappa shape index (κ1) is 13.0. The van der Waals surface area contributed by atoms with Crippen LogP contribution >= 0.6 is 0 Å². The van der Waals surface area contributed by atoms with Crippen LogP contribution in [-0.2, 0) is 4.74 Å². The molecule has 0 saturated carbocycles. The van der Waals surface area contributed by atoms with Gasteiger partial charge in [-0.1, -0.05) is 26.7 Å². The van der Waals surface area contributed by atoms with Crippen molar-refractivity contribution in [3.63, 3.8) is 0 Å². The molecule has 0 aromatic heterocycles. The molecule has 1 aliphatic heterocycles. The molecule has 2 unspecified atom stereocenters. The van der Waals surface area contributed by atoms with Crippen LogP contribution in [0, 0.1) is 11.3 Å². The first-order chi connectivity index (χ1) is 7.18. The van der Waals surface area contributed by atoms with Gasteiger partial charge in [0.2, 0.25) is 0 Å². The van der Waals surface area contributed by atoms with Crippen molar-refractivity contribution in [2.24, 2.45) is 11.3 Å². The van der Waals surface area contributed by atoms with E-state index in [-0.39, 0.29) is 0 Å². The summed E-state index contributed by atoms with van der Waals surface area (Å²) in [5.41, 5.74) is 0.394. The van der Waals surface area contributed by atoms with E-state index in [0.717, 1.165) is 19.1 Å². The second kappa shape index (κ2) is 5.86. The van der Waals surface area contributed by atoms with Gasteiger partial charge in [-0.05, 0) is 32.7 Å². The molecule has 2 atom stereocenters. The highest BCUT2D eigenvalue weighted by Gasteiger charge is 2.41. The second-order valence-corrected chi connectivity index (χ2v) is 5.04. The third kappa shape index (κ3) is 2.94.